The summed E-state index contributed by atoms with van der Waals surface area (Å²) in [4.78, 5) is 10.7. The van der Waals surface area contributed by atoms with Gasteiger partial charge in [-0.1, -0.05) is 6.07 Å². The van der Waals surface area contributed by atoms with Crippen LogP contribution in [0, 0.1) is 18.3 Å². The number of rotatable bonds is 3. The number of pyridine rings is 2. The maximum Gasteiger partial charge on any atom is 0.129 e. The summed E-state index contributed by atoms with van der Waals surface area (Å²) < 4.78 is 0. The number of nitriles is 1. The van der Waals surface area contributed by atoms with E-state index in [1.54, 1.807) is 18.3 Å². The molecule has 18 heavy (non-hydrogen) atoms. The Labute approximate surface area is 107 Å². The fraction of sp³-hybridized carbons (Fsp3) is 0.214. The Balaban J connectivity index is 2.17. The third kappa shape index (κ3) is 2.83. The molecular weight excluding hydrogens is 224 g/mol. The zero-order valence-electron chi connectivity index (χ0n) is 10.5. The molecule has 2 rings (SSSR count). The molecule has 0 spiro atoms. The van der Waals surface area contributed by atoms with Crippen LogP contribution in [0.2, 0.25) is 0 Å². The molecule has 4 nitrogen and oxygen atoms in total. The van der Waals surface area contributed by atoms with E-state index in [1.807, 2.05) is 37.1 Å². The molecular formula is C14H14N4. The van der Waals surface area contributed by atoms with E-state index in [0.29, 0.717) is 12.1 Å². The van der Waals surface area contributed by atoms with Crippen LogP contribution in [0.25, 0.3) is 0 Å². The van der Waals surface area contributed by atoms with Crippen LogP contribution in [-0.4, -0.2) is 17.0 Å². The van der Waals surface area contributed by atoms with E-state index < -0.39 is 0 Å². The van der Waals surface area contributed by atoms with E-state index in [2.05, 4.69) is 16.0 Å². The first-order chi connectivity index (χ1) is 8.69. The van der Waals surface area contributed by atoms with Crippen LogP contribution in [0.4, 0.5) is 5.82 Å². The van der Waals surface area contributed by atoms with Gasteiger partial charge in [0.15, 0.2) is 0 Å². The standard InChI is InChI=1S/C14H14N4/c1-11-4-3-5-13(17-11)10-18(2)14-8-12(9-15)6-7-16-14/h3-8H,10H2,1-2H3. The average molecular weight is 238 g/mol. The first-order valence-electron chi connectivity index (χ1n) is 5.69. The molecule has 0 saturated carbocycles. The highest BCUT2D eigenvalue weighted by Crippen LogP contribution is 2.13. The van der Waals surface area contributed by atoms with Gasteiger partial charge in [-0.25, -0.2) is 4.98 Å². The molecule has 2 aromatic rings. The quantitative estimate of drug-likeness (QED) is 0.823. The Morgan fingerprint density at radius 2 is 2.17 bits per heavy atom. The minimum Gasteiger partial charge on any atom is -0.354 e. The van der Waals surface area contributed by atoms with E-state index in [1.165, 1.54) is 0 Å². The summed E-state index contributed by atoms with van der Waals surface area (Å²) in [5.74, 6) is 0.775. The molecule has 0 fully saturated rings. The van der Waals surface area contributed by atoms with Gasteiger partial charge in [0, 0.05) is 18.9 Å². The van der Waals surface area contributed by atoms with Crippen LogP contribution in [0.1, 0.15) is 17.0 Å². The van der Waals surface area contributed by atoms with Crippen molar-refractivity contribution in [2.75, 3.05) is 11.9 Å². The monoisotopic (exact) mass is 238 g/mol. The number of hydrogen-bond donors (Lipinski definition) is 0. The molecule has 2 heterocycles. The Bertz CT molecular complexity index is 586. The molecule has 0 atom stereocenters. The fourth-order valence-electron chi connectivity index (χ4n) is 1.71. The van der Waals surface area contributed by atoms with E-state index in [9.17, 15) is 0 Å². The first-order valence-corrected chi connectivity index (χ1v) is 5.69. The highest BCUT2D eigenvalue weighted by atomic mass is 15.2. The predicted molar refractivity (Wildman–Crippen MR) is 70.0 cm³/mol. The molecule has 0 saturated heterocycles. The lowest BCUT2D eigenvalue weighted by atomic mass is 10.2. The van der Waals surface area contributed by atoms with Crippen LogP contribution in [0.3, 0.4) is 0 Å². The summed E-state index contributed by atoms with van der Waals surface area (Å²) in [6.07, 6.45) is 1.65. The first kappa shape index (κ1) is 12.1. The highest BCUT2D eigenvalue weighted by molar-refractivity contribution is 5.44. The molecule has 4 heteroatoms. The molecule has 0 amide bonds. The van der Waals surface area contributed by atoms with Gasteiger partial charge < -0.3 is 4.90 Å². The van der Waals surface area contributed by atoms with Gasteiger partial charge in [0.1, 0.15) is 5.82 Å². The van der Waals surface area contributed by atoms with Crippen molar-refractivity contribution in [3.8, 4) is 6.07 Å². The second kappa shape index (κ2) is 5.28. The number of aromatic nitrogens is 2. The Morgan fingerprint density at radius 3 is 2.89 bits per heavy atom. The van der Waals surface area contributed by atoms with Crippen LogP contribution in [0.5, 0.6) is 0 Å². The van der Waals surface area contributed by atoms with E-state index in [-0.39, 0.29) is 0 Å². The maximum absolute atomic E-state index is 8.86. The van der Waals surface area contributed by atoms with Crippen molar-refractivity contribution in [1.82, 2.24) is 9.97 Å². The number of hydrogen-bond acceptors (Lipinski definition) is 4. The molecule has 2 aromatic heterocycles. The summed E-state index contributed by atoms with van der Waals surface area (Å²) in [7, 11) is 1.94. The van der Waals surface area contributed by atoms with Gasteiger partial charge in [0.05, 0.1) is 23.9 Å². The fourth-order valence-corrected chi connectivity index (χ4v) is 1.71. The molecule has 0 aliphatic rings. The van der Waals surface area contributed by atoms with Crippen LogP contribution >= 0.6 is 0 Å². The lowest BCUT2D eigenvalue weighted by Gasteiger charge is -2.17. The third-order valence-corrected chi connectivity index (χ3v) is 2.61. The predicted octanol–water partition coefficient (Wildman–Crippen LogP) is 2.29. The highest BCUT2D eigenvalue weighted by Gasteiger charge is 2.05. The molecule has 0 aliphatic carbocycles. The second-order valence-corrected chi connectivity index (χ2v) is 4.14. The van der Waals surface area contributed by atoms with Crippen molar-refractivity contribution in [3.05, 3.63) is 53.5 Å². The number of nitrogens with zero attached hydrogens (tertiary/aromatic N) is 4. The number of anilines is 1. The van der Waals surface area contributed by atoms with Crippen molar-refractivity contribution < 1.29 is 0 Å². The number of aryl methyl sites for hydroxylation is 1. The molecule has 0 aliphatic heterocycles. The Morgan fingerprint density at radius 1 is 1.33 bits per heavy atom. The van der Waals surface area contributed by atoms with Gasteiger partial charge in [-0.3, -0.25) is 4.98 Å². The van der Waals surface area contributed by atoms with Crippen molar-refractivity contribution in [2.45, 2.75) is 13.5 Å². The van der Waals surface area contributed by atoms with Crippen LogP contribution in [0.15, 0.2) is 36.5 Å². The largest absolute Gasteiger partial charge is 0.354 e. The summed E-state index contributed by atoms with van der Waals surface area (Å²) in [6, 6.07) is 11.5. The van der Waals surface area contributed by atoms with Gasteiger partial charge >= 0.3 is 0 Å². The minimum absolute atomic E-state index is 0.615. The van der Waals surface area contributed by atoms with E-state index >= 15 is 0 Å². The van der Waals surface area contributed by atoms with Gasteiger partial charge in [0.2, 0.25) is 0 Å². The van der Waals surface area contributed by atoms with Crippen LogP contribution in [-0.2, 0) is 6.54 Å². The van der Waals surface area contributed by atoms with Gasteiger partial charge in [-0.05, 0) is 31.2 Å². The lowest BCUT2D eigenvalue weighted by molar-refractivity contribution is 0.859. The van der Waals surface area contributed by atoms with Gasteiger partial charge in [0.25, 0.3) is 0 Å². The molecule has 90 valence electrons. The van der Waals surface area contributed by atoms with E-state index in [0.717, 1.165) is 17.2 Å². The lowest BCUT2D eigenvalue weighted by Crippen LogP contribution is -2.18. The molecule has 0 bridgehead atoms. The smallest absolute Gasteiger partial charge is 0.129 e. The van der Waals surface area contributed by atoms with Crippen molar-refractivity contribution >= 4 is 5.82 Å². The zero-order chi connectivity index (χ0) is 13.0. The average Bonchev–Trinajstić information content (AvgIpc) is 2.39. The van der Waals surface area contributed by atoms with Crippen molar-refractivity contribution in [2.24, 2.45) is 0 Å². The topological polar surface area (TPSA) is 52.8 Å². The van der Waals surface area contributed by atoms with E-state index in [4.69, 9.17) is 5.26 Å². The van der Waals surface area contributed by atoms with Crippen molar-refractivity contribution in [1.29, 1.82) is 5.26 Å². The van der Waals surface area contributed by atoms with Crippen molar-refractivity contribution in [3.63, 3.8) is 0 Å². The second-order valence-electron chi connectivity index (χ2n) is 4.14. The van der Waals surface area contributed by atoms with Gasteiger partial charge in [-0.15, -0.1) is 0 Å². The maximum atomic E-state index is 8.86. The summed E-state index contributed by atoms with van der Waals surface area (Å²) in [5.41, 5.74) is 2.60. The molecule has 0 unspecified atom stereocenters. The van der Waals surface area contributed by atoms with Gasteiger partial charge in [-0.2, -0.15) is 5.26 Å². The molecule has 0 N–H and O–H groups in total. The Kier molecular flexibility index (Phi) is 3.54. The summed E-state index contributed by atoms with van der Waals surface area (Å²) in [5, 5.41) is 8.86. The normalized spacial score (nSPS) is 9.83. The summed E-state index contributed by atoms with van der Waals surface area (Å²) in [6.45, 7) is 2.64. The molecule has 0 aromatic carbocycles. The zero-order valence-corrected chi connectivity index (χ0v) is 10.5. The third-order valence-electron chi connectivity index (χ3n) is 2.61. The molecule has 0 radical (unpaired) electrons. The SMILES string of the molecule is Cc1cccc(CN(C)c2cc(C#N)ccn2)n1. The van der Waals surface area contributed by atoms with Crippen LogP contribution < -0.4 is 4.90 Å². The Hall–Kier alpha value is -2.41. The minimum atomic E-state index is 0.615. The summed E-state index contributed by atoms with van der Waals surface area (Å²) >= 11 is 0.